The van der Waals surface area contributed by atoms with Crippen LogP contribution in [0.4, 0.5) is 0 Å². The van der Waals surface area contributed by atoms with Gasteiger partial charge in [0.15, 0.2) is 0 Å². The molecule has 1 aliphatic rings. The smallest absolute Gasteiger partial charge is 0.140 e. The summed E-state index contributed by atoms with van der Waals surface area (Å²) in [6, 6.07) is 71.0. The molecule has 3 N–H and O–H groups in total. The molecule has 0 unspecified atom stereocenters. The van der Waals surface area contributed by atoms with Crippen molar-refractivity contribution in [3.05, 3.63) is 274 Å². The van der Waals surface area contributed by atoms with Gasteiger partial charge in [0.25, 0.3) is 0 Å². The Balaban J connectivity index is 1.33. The molecule has 8 aromatic rings. The van der Waals surface area contributed by atoms with Crippen molar-refractivity contribution >= 4 is 0 Å². The Morgan fingerprint density at radius 1 is 0.273 bits per heavy atom. The van der Waals surface area contributed by atoms with Crippen LogP contribution in [0.3, 0.4) is 0 Å². The van der Waals surface area contributed by atoms with Gasteiger partial charge in [0.2, 0.25) is 0 Å². The number of hydrogen-bond donors (Lipinski definition) is 3. The Morgan fingerprint density at radius 3 is 0.800 bits per heavy atom. The Hall–Kier alpha value is -6.36. The second kappa shape index (κ2) is 13.8. The molecule has 0 aliphatic heterocycles. The van der Waals surface area contributed by atoms with Gasteiger partial charge < -0.3 is 15.3 Å². The van der Waals surface area contributed by atoms with Gasteiger partial charge in [0, 0.05) is 5.92 Å². The molecule has 0 heterocycles. The van der Waals surface area contributed by atoms with Crippen LogP contribution in [-0.4, -0.2) is 15.3 Å². The lowest BCUT2D eigenvalue weighted by Crippen LogP contribution is -2.35. The fraction of sp³-hybridized carbons (Fsp3) is 0.0769. The largest absolute Gasteiger partial charge is 0.379 e. The highest BCUT2D eigenvalue weighted by atomic mass is 16.3. The van der Waals surface area contributed by atoms with Crippen LogP contribution in [-0.2, 0) is 16.8 Å². The van der Waals surface area contributed by atoms with E-state index in [0.29, 0.717) is 11.1 Å². The lowest BCUT2D eigenvalue weighted by Gasteiger charge is -2.38. The quantitative estimate of drug-likeness (QED) is 0.131. The maximum absolute atomic E-state index is 13.7. The zero-order chi connectivity index (χ0) is 37.5. The van der Waals surface area contributed by atoms with Gasteiger partial charge in [-0.3, -0.25) is 0 Å². The Morgan fingerprint density at radius 2 is 0.527 bits per heavy atom. The number of rotatable bonds is 9. The molecule has 3 heteroatoms. The molecular weight excluding hydrogens is 673 g/mol. The first-order valence-electron chi connectivity index (χ1n) is 18.7. The highest BCUT2D eigenvalue weighted by molar-refractivity contribution is 5.82. The standard InChI is InChI=1S/C52H40O3/c53-50(37-19-7-1-8-20-37,38-21-9-2-10-22-38)43-31-33-45-46-34-32-44(51(54,39-23-11-3-12-24-39)40-25-13-4-14-26-40)36-48(46)49(47(45)35-43)52(55,41-27-15-5-16-28-41)42-29-17-6-18-30-42/h1-36,49,53-55H. The van der Waals surface area contributed by atoms with E-state index < -0.39 is 22.7 Å². The Kier molecular flexibility index (Phi) is 8.64. The molecule has 0 spiro atoms. The summed E-state index contributed by atoms with van der Waals surface area (Å²) >= 11 is 0. The van der Waals surface area contributed by atoms with E-state index in [4.69, 9.17) is 0 Å². The van der Waals surface area contributed by atoms with Crippen molar-refractivity contribution in [1.29, 1.82) is 0 Å². The summed E-state index contributed by atoms with van der Waals surface area (Å²) in [5.74, 6) is -0.631. The van der Waals surface area contributed by atoms with Crippen molar-refractivity contribution in [1.82, 2.24) is 0 Å². The Bertz CT molecular complexity index is 2300. The predicted molar refractivity (Wildman–Crippen MR) is 220 cm³/mol. The molecule has 9 rings (SSSR count). The zero-order valence-corrected chi connectivity index (χ0v) is 30.2. The summed E-state index contributed by atoms with van der Waals surface area (Å²) in [7, 11) is 0. The molecule has 1 aliphatic carbocycles. The van der Waals surface area contributed by atoms with Crippen LogP contribution < -0.4 is 0 Å². The molecular formula is C52H40O3. The first kappa shape index (κ1) is 34.4. The van der Waals surface area contributed by atoms with Gasteiger partial charge >= 0.3 is 0 Å². The summed E-state index contributed by atoms with van der Waals surface area (Å²) in [5.41, 5.74) is 5.01. The van der Waals surface area contributed by atoms with Crippen LogP contribution in [0.15, 0.2) is 218 Å². The molecule has 0 fully saturated rings. The number of aliphatic hydroxyl groups is 3. The average molecular weight is 713 g/mol. The number of benzene rings is 8. The van der Waals surface area contributed by atoms with E-state index >= 15 is 0 Å². The van der Waals surface area contributed by atoms with E-state index in [1.807, 2.05) is 194 Å². The topological polar surface area (TPSA) is 60.7 Å². The minimum absolute atomic E-state index is 0.631. The third-order valence-electron chi connectivity index (χ3n) is 11.5. The first-order valence-corrected chi connectivity index (χ1v) is 18.7. The molecule has 0 saturated carbocycles. The highest BCUT2D eigenvalue weighted by Gasteiger charge is 2.48. The fourth-order valence-corrected chi connectivity index (χ4v) is 8.76. The van der Waals surface area contributed by atoms with Gasteiger partial charge in [-0.2, -0.15) is 0 Å². The van der Waals surface area contributed by atoms with E-state index in [-0.39, 0.29) is 0 Å². The highest BCUT2D eigenvalue weighted by Crippen LogP contribution is 2.57. The van der Waals surface area contributed by atoms with Crippen LogP contribution in [0.25, 0.3) is 11.1 Å². The normalized spacial score (nSPS) is 12.9. The van der Waals surface area contributed by atoms with E-state index in [9.17, 15) is 15.3 Å². The average Bonchev–Trinajstić information content (AvgIpc) is 3.61. The van der Waals surface area contributed by atoms with Crippen molar-refractivity contribution < 1.29 is 15.3 Å². The molecule has 0 radical (unpaired) electrons. The summed E-state index contributed by atoms with van der Waals surface area (Å²) < 4.78 is 0. The van der Waals surface area contributed by atoms with Gasteiger partial charge in [-0.25, -0.2) is 0 Å². The van der Waals surface area contributed by atoms with E-state index in [2.05, 4.69) is 24.3 Å². The van der Waals surface area contributed by atoms with Crippen LogP contribution in [0.2, 0.25) is 0 Å². The molecule has 0 aromatic heterocycles. The van der Waals surface area contributed by atoms with Crippen LogP contribution >= 0.6 is 0 Å². The lowest BCUT2D eigenvalue weighted by atomic mass is 9.70. The van der Waals surface area contributed by atoms with E-state index in [1.165, 1.54) is 0 Å². The molecule has 0 saturated heterocycles. The molecule has 0 bridgehead atoms. The first-order chi connectivity index (χ1) is 26.9. The second-order valence-corrected chi connectivity index (χ2v) is 14.4. The van der Waals surface area contributed by atoms with E-state index in [0.717, 1.165) is 55.6 Å². The predicted octanol–water partition coefficient (Wildman–Crippen LogP) is 10.3. The second-order valence-electron chi connectivity index (χ2n) is 14.4. The van der Waals surface area contributed by atoms with Crippen molar-refractivity contribution in [3.63, 3.8) is 0 Å². The summed E-state index contributed by atoms with van der Waals surface area (Å²) in [4.78, 5) is 0. The lowest BCUT2D eigenvalue weighted by molar-refractivity contribution is 0.0634. The van der Waals surface area contributed by atoms with Gasteiger partial charge in [-0.15, -0.1) is 0 Å². The molecule has 266 valence electrons. The van der Waals surface area contributed by atoms with Gasteiger partial charge in [-0.1, -0.05) is 218 Å². The number of hydrogen-bond acceptors (Lipinski definition) is 3. The third-order valence-corrected chi connectivity index (χ3v) is 11.5. The summed E-state index contributed by atoms with van der Waals surface area (Å²) in [6.07, 6.45) is 0. The zero-order valence-electron chi connectivity index (χ0n) is 30.2. The minimum Gasteiger partial charge on any atom is -0.379 e. The third kappa shape index (κ3) is 5.56. The fourth-order valence-electron chi connectivity index (χ4n) is 8.76. The number of fused-ring (bicyclic) bond motifs is 3. The van der Waals surface area contributed by atoms with Crippen LogP contribution in [0.5, 0.6) is 0 Å². The van der Waals surface area contributed by atoms with Crippen molar-refractivity contribution in [2.45, 2.75) is 22.7 Å². The minimum atomic E-state index is -1.55. The maximum atomic E-state index is 13.7. The Labute approximate surface area is 322 Å². The van der Waals surface area contributed by atoms with Crippen molar-refractivity contribution in [2.24, 2.45) is 0 Å². The van der Waals surface area contributed by atoms with Crippen LogP contribution in [0.1, 0.15) is 61.6 Å². The molecule has 3 nitrogen and oxygen atoms in total. The van der Waals surface area contributed by atoms with Gasteiger partial charge in [0.1, 0.15) is 16.8 Å². The monoisotopic (exact) mass is 712 g/mol. The van der Waals surface area contributed by atoms with Gasteiger partial charge in [-0.05, 0) is 66.8 Å². The summed E-state index contributed by atoms with van der Waals surface area (Å²) in [6.45, 7) is 0. The van der Waals surface area contributed by atoms with Gasteiger partial charge in [0.05, 0.1) is 0 Å². The SMILES string of the molecule is OC(c1ccccc1)(c1ccccc1)c1ccc2c(c1)C(C(O)(c1ccccc1)c1ccccc1)c1cc(C(O)(c3ccccc3)c3ccccc3)ccc1-2. The molecule has 8 aromatic carbocycles. The molecule has 0 amide bonds. The molecule has 55 heavy (non-hydrogen) atoms. The summed E-state index contributed by atoms with van der Waals surface area (Å²) in [5, 5.41) is 39.7. The van der Waals surface area contributed by atoms with Crippen molar-refractivity contribution in [3.8, 4) is 11.1 Å². The maximum Gasteiger partial charge on any atom is 0.140 e. The van der Waals surface area contributed by atoms with Crippen LogP contribution in [0, 0.1) is 0 Å². The van der Waals surface area contributed by atoms with E-state index in [1.54, 1.807) is 0 Å². The molecule has 0 atom stereocenters. The van der Waals surface area contributed by atoms with Crippen molar-refractivity contribution in [2.75, 3.05) is 0 Å².